The standard InChI is InChI=1S/C11H20N2O/c1-5-8(3)11(14)9-7-13(4)12-10(9)6-2/h7-8,11,14H,5-6H2,1-4H3. The summed E-state index contributed by atoms with van der Waals surface area (Å²) in [6, 6.07) is 0. The van der Waals surface area contributed by atoms with Crippen LogP contribution in [0.4, 0.5) is 0 Å². The topological polar surface area (TPSA) is 38.0 Å². The summed E-state index contributed by atoms with van der Waals surface area (Å²) in [7, 11) is 1.89. The molecule has 2 atom stereocenters. The molecule has 1 aromatic rings. The average molecular weight is 196 g/mol. The van der Waals surface area contributed by atoms with Crippen molar-refractivity contribution in [2.24, 2.45) is 13.0 Å². The summed E-state index contributed by atoms with van der Waals surface area (Å²) < 4.78 is 1.78. The van der Waals surface area contributed by atoms with Gasteiger partial charge in [0.15, 0.2) is 0 Å². The Morgan fingerprint density at radius 3 is 2.64 bits per heavy atom. The number of hydrogen-bond donors (Lipinski definition) is 1. The van der Waals surface area contributed by atoms with Gasteiger partial charge in [-0.25, -0.2) is 0 Å². The largest absolute Gasteiger partial charge is 0.388 e. The molecular weight excluding hydrogens is 176 g/mol. The predicted octanol–water partition coefficient (Wildman–Crippen LogP) is 2.06. The molecule has 0 aliphatic carbocycles. The minimum atomic E-state index is -0.372. The van der Waals surface area contributed by atoms with Gasteiger partial charge in [-0.3, -0.25) is 4.68 Å². The van der Waals surface area contributed by atoms with E-state index in [0.29, 0.717) is 5.92 Å². The fraction of sp³-hybridized carbons (Fsp3) is 0.727. The Kier molecular flexibility index (Phi) is 3.69. The van der Waals surface area contributed by atoms with E-state index in [1.54, 1.807) is 4.68 Å². The van der Waals surface area contributed by atoms with Gasteiger partial charge in [0.2, 0.25) is 0 Å². The summed E-state index contributed by atoms with van der Waals surface area (Å²) >= 11 is 0. The van der Waals surface area contributed by atoms with Crippen LogP contribution in [0.1, 0.15) is 44.6 Å². The molecule has 14 heavy (non-hydrogen) atoms. The zero-order valence-electron chi connectivity index (χ0n) is 9.49. The molecule has 1 aromatic heterocycles. The third-order valence-electron chi connectivity index (χ3n) is 2.77. The molecule has 0 saturated carbocycles. The van der Waals surface area contributed by atoms with Gasteiger partial charge >= 0.3 is 0 Å². The molecule has 1 N–H and O–H groups in total. The van der Waals surface area contributed by atoms with Crippen LogP contribution in [0.15, 0.2) is 6.20 Å². The van der Waals surface area contributed by atoms with Crippen molar-refractivity contribution in [3.8, 4) is 0 Å². The van der Waals surface area contributed by atoms with Crippen molar-refractivity contribution in [3.05, 3.63) is 17.5 Å². The van der Waals surface area contributed by atoms with E-state index in [4.69, 9.17) is 0 Å². The lowest BCUT2D eigenvalue weighted by Gasteiger charge is -2.16. The lowest BCUT2D eigenvalue weighted by molar-refractivity contribution is 0.114. The fourth-order valence-corrected chi connectivity index (χ4v) is 1.60. The van der Waals surface area contributed by atoms with E-state index in [-0.39, 0.29) is 6.10 Å². The van der Waals surface area contributed by atoms with E-state index < -0.39 is 0 Å². The summed E-state index contributed by atoms with van der Waals surface area (Å²) in [4.78, 5) is 0. The monoisotopic (exact) mass is 196 g/mol. The highest BCUT2D eigenvalue weighted by atomic mass is 16.3. The molecule has 0 radical (unpaired) electrons. The molecule has 0 bridgehead atoms. The van der Waals surface area contributed by atoms with E-state index in [1.807, 2.05) is 13.2 Å². The Morgan fingerprint density at radius 1 is 1.50 bits per heavy atom. The lowest BCUT2D eigenvalue weighted by Crippen LogP contribution is -2.09. The van der Waals surface area contributed by atoms with Gasteiger partial charge in [0.05, 0.1) is 11.8 Å². The Labute approximate surface area is 85.8 Å². The summed E-state index contributed by atoms with van der Waals surface area (Å²) in [5.41, 5.74) is 2.00. The number of aliphatic hydroxyl groups excluding tert-OH is 1. The molecule has 1 heterocycles. The Balaban J connectivity index is 2.93. The molecule has 0 amide bonds. The predicted molar refractivity (Wildman–Crippen MR) is 57.0 cm³/mol. The maximum Gasteiger partial charge on any atom is 0.0848 e. The zero-order valence-corrected chi connectivity index (χ0v) is 9.49. The van der Waals surface area contributed by atoms with Crippen molar-refractivity contribution in [1.29, 1.82) is 0 Å². The number of nitrogens with zero attached hydrogens (tertiary/aromatic N) is 2. The normalized spacial score (nSPS) is 15.5. The Bertz CT molecular complexity index is 293. The molecule has 0 aliphatic rings. The number of aliphatic hydroxyl groups is 1. The van der Waals surface area contributed by atoms with Gasteiger partial charge < -0.3 is 5.11 Å². The highest BCUT2D eigenvalue weighted by Gasteiger charge is 2.19. The Morgan fingerprint density at radius 2 is 2.14 bits per heavy atom. The van der Waals surface area contributed by atoms with Crippen LogP contribution in [0.3, 0.4) is 0 Å². The van der Waals surface area contributed by atoms with Crippen molar-refractivity contribution in [2.45, 2.75) is 39.7 Å². The van der Waals surface area contributed by atoms with Crippen molar-refractivity contribution < 1.29 is 5.11 Å². The van der Waals surface area contributed by atoms with Gasteiger partial charge in [0, 0.05) is 18.8 Å². The number of aryl methyl sites for hydroxylation is 2. The average Bonchev–Trinajstić information content (AvgIpc) is 2.57. The maximum absolute atomic E-state index is 10.1. The van der Waals surface area contributed by atoms with Gasteiger partial charge in [-0.05, 0) is 12.3 Å². The van der Waals surface area contributed by atoms with Crippen LogP contribution in [0.5, 0.6) is 0 Å². The third kappa shape index (κ3) is 2.15. The molecule has 3 heteroatoms. The van der Waals surface area contributed by atoms with Crippen LogP contribution in [-0.2, 0) is 13.5 Å². The van der Waals surface area contributed by atoms with Crippen molar-refractivity contribution in [1.82, 2.24) is 9.78 Å². The molecular formula is C11H20N2O. The highest BCUT2D eigenvalue weighted by Crippen LogP contribution is 2.26. The Hall–Kier alpha value is -0.830. The zero-order chi connectivity index (χ0) is 10.7. The number of rotatable bonds is 4. The summed E-state index contributed by atoms with van der Waals surface area (Å²) in [6.45, 7) is 6.22. The quantitative estimate of drug-likeness (QED) is 0.800. The first-order valence-corrected chi connectivity index (χ1v) is 5.30. The van der Waals surface area contributed by atoms with Gasteiger partial charge in [-0.2, -0.15) is 5.10 Å². The van der Waals surface area contributed by atoms with Crippen molar-refractivity contribution in [3.63, 3.8) is 0 Å². The van der Waals surface area contributed by atoms with Gasteiger partial charge in [-0.1, -0.05) is 27.2 Å². The molecule has 80 valence electrons. The van der Waals surface area contributed by atoms with Gasteiger partial charge in [0.25, 0.3) is 0 Å². The van der Waals surface area contributed by atoms with Crippen LogP contribution in [0.2, 0.25) is 0 Å². The first-order valence-electron chi connectivity index (χ1n) is 5.30. The molecule has 3 nitrogen and oxygen atoms in total. The minimum Gasteiger partial charge on any atom is -0.388 e. The minimum absolute atomic E-state index is 0.296. The van der Waals surface area contributed by atoms with Crippen LogP contribution >= 0.6 is 0 Å². The SMILES string of the molecule is CCc1nn(C)cc1C(O)C(C)CC. The first-order chi connectivity index (χ1) is 6.60. The first kappa shape index (κ1) is 11.2. The summed E-state index contributed by atoms with van der Waals surface area (Å²) in [5, 5.41) is 14.4. The highest BCUT2D eigenvalue weighted by molar-refractivity contribution is 5.20. The number of aromatic nitrogens is 2. The fourth-order valence-electron chi connectivity index (χ4n) is 1.60. The van der Waals surface area contributed by atoms with E-state index in [1.165, 1.54) is 0 Å². The maximum atomic E-state index is 10.1. The van der Waals surface area contributed by atoms with Crippen LogP contribution in [-0.4, -0.2) is 14.9 Å². The van der Waals surface area contributed by atoms with Crippen LogP contribution < -0.4 is 0 Å². The van der Waals surface area contributed by atoms with E-state index in [2.05, 4.69) is 25.9 Å². The molecule has 1 rings (SSSR count). The summed E-state index contributed by atoms with van der Waals surface area (Å²) in [6.07, 6.45) is 3.42. The van der Waals surface area contributed by atoms with Gasteiger partial charge in [0.1, 0.15) is 0 Å². The van der Waals surface area contributed by atoms with Gasteiger partial charge in [-0.15, -0.1) is 0 Å². The third-order valence-corrected chi connectivity index (χ3v) is 2.77. The molecule has 0 aromatic carbocycles. The van der Waals surface area contributed by atoms with Crippen molar-refractivity contribution >= 4 is 0 Å². The number of hydrogen-bond acceptors (Lipinski definition) is 2. The molecule has 0 fully saturated rings. The van der Waals surface area contributed by atoms with E-state index in [0.717, 1.165) is 24.1 Å². The molecule has 0 aliphatic heterocycles. The second-order valence-electron chi connectivity index (χ2n) is 3.89. The van der Waals surface area contributed by atoms with Crippen LogP contribution in [0.25, 0.3) is 0 Å². The van der Waals surface area contributed by atoms with E-state index in [9.17, 15) is 5.11 Å². The smallest absolute Gasteiger partial charge is 0.0848 e. The van der Waals surface area contributed by atoms with Crippen molar-refractivity contribution in [2.75, 3.05) is 0 Å². The molecule has 0 saturated heterocycles. The van der Waals surface area contributed by atoms with E-state index >= 15 is 0 Å². The van der Waals surface area contributed by atoms with Crippen LogP contribution in [0, 0.1) is 5.92 Å². The second kappa shape index (κ2) is 4.60. The lowest BCUT2D eigenvalue weighted by atomic mass is 9.95. The molecule has 2 unspecified atom stereocenters. The molecule has 0 spiro atoms. The second-order valence-corrected chi connectivity index (χ2v) is 3.89. The summed E-state index contributed by atoms with van der Waals surface area (Å²) in [5.74, 6) is 0.296.